The molecule has 2 heterocycles. The van der Waals surface area contributed by atoms with Crippen molar-refractivity contribution in [3.05, 3.63) is 88.6 Å². The Hall–Kier alpha value is -4.34. The van der Waals surface area contributed by atoms with Crippen molar-refractivity contribution in [2.45, 2.75) is 69.1 Å². The number of carbonyl (C=O) groups excluding carboxylic acids is 3. The summed E-state index contributed by atoms with van der Waals surface area (Å²) in [6.07, 6.45) is -1.01. The third-order valence-corrected chi connectivity index (χ3v) is 8.79. The van der Waals surface area contributed by atoms with Crippen LogP contribution in [0.25, 0.3) is 0 Å². The molecule has 0 radical (unpaired) electrons. The number of carbonyl (C=O) groups is 3. The van der Waals surface area contributed by atoms with Gasteiger partial charge in [-0.1, -0.05) is 29.8 Å². The number of aliphatic hydroxyl groups excluding tert-OH is 1. The van der Waals surface area contributed by atoms with E-state index in [0.29, 0.717) is 6.07 Å². The van der Waals surface area contributed by atoms with Gasteiger partial charge >= 0.3 is 0 Å². The van der Waals surface area contributed by atoms with E-state index < -0.39 is 59.8 Å². The fourth-order valence-electron chi connectivity index (χ4n) is 6.10. The van der Waals surface area contributed by atoms with Crippen molar-refractivity contribution in [2.75, 3.05) is 9.80 Å². The average Bonchev–Trinajstić information content (AvgIpc) is 3.32. The van der Waals surface area contributed by atoms with Crippen molar-refractivity contribution in [2.24, 2.45) is 5.92 Å². The van der Waals surface area contributed by atoms with Crippen LogP contribution in [-0.2, 0) is 14.4 Å². The maximum atomic E-state index is 14.7. The molecule has 2 fully saturated rings. The molecule has 1 saturated heterocycles. The third-order valence-electron chi connectivity index (χ3n) is 8.45. The molecule has 3 atom stereocenters. The molecule has 13 heteroatoms. The minimum absolute atomic E-state index is 0.0654. The minimum atomic E-state index is -2.76. The number of aliphatic hydroxyl groups is 1. The zero-order chi connectivity index (χ0) is 33.2. The molecule has 46 heavy (non-hydrogen) atoms. The number of benzene rings is 2. The number of ketones is 1. The second kappa shape index (κ2) is 13.6. The molecule has 5 rings (SSSR count). The highest BCUT2D eigenvalue weighted by atomic mass is 35.5. The number of nitriles is 1. The van der Waals surface area contributed by atoms with Crippen molar-refractivity contribution < 1.29 is 37.1 Å². The van der Waals surface area contributed by atoms with Crippen molar-refractivity contribution in [1.82, 2.24) is 4.98 Å². The van der Waals surface area contributed by atoms with Gasteiger partial charge in [0.25, 0.3) is 11.8 Å². The summed E-state index contributed by atoms with van der Waals surface area (Å²) in [7, 11) is 0. The summed E-state index contributed by atoms with van der Waals surface area (Å²) in [5.74, 6) is -7.63. The molecule has 3 aromatic rings. The molecule has 0 unspecified atom stereocenters. The number of alkyl halides is 2. The summed E-state index contributed by atoms with van der Waals surface area (Å²) in [5, 5.41) is 20.0. The van der Waals surface area contributed by atoms with E-state index >= 15 is 0 Å². The van der Waals surface area contributed by atoms with Crippen LogP contribution < -0.4 is 9.80 Å². The maximum Gasteiger partial charge on any atom is 0.257 e. The lowest BCUT2D eigenvalue weighted by Gasteiger charge is -2.36. The van der Waals surface area contributed by atoms with Gasteiger partial charge in [-0.3, -0.25) is 24.2 Å². The number of hydrogen-bond acceptors (Lipinski definition) is 6. The first-order chi connectivity index (χ1) is 21.9. The Labute approximate surface area is 267 Å². The summed E-state index contributed by atoms with van der Waals surface area (Å²) >= 11 is 6.54. The smallest absolute Gasteiger partial charge is 0.257 e. The van der Waals surface area contributed by atoms with Gasteiger partial charge in [0.1, 0.15) is 35.6 Å². The van der Waals surface area contributed by atoms with Crippen LogP contribution in [0.4, 0.5) is 29.1 Å². The summed E-state index contributed by atoms with van der Waals surface area (Å²) in [5.41, 5.74) is -0.118. The van der Waals surface area contributed by atoms with Gasteiger partial charge in [0.05, 0.1) is 17.3 Å². The van der Waals surface area contributed by atoms with Crippen LogP contribution in [0.1, 0.15) is 62.1 Å². The summed E-state index contributed by atoms with van der Waals surface area (Å²) < 4.78 is 56.9. The van der Waals surface area contributed by atoms with Crippen molar-refractivity contribution in [3.8, 4) is 6.07 Å². The van der Waals surface area contributed by atoms with Crippen LogP contribution in [0.2, 0.25) is 5.02 Å². The molecule has 2 aliphatic rings. The molecular formula is C33H29ClF4N4O4. The van der Waals surface area contributed by atoms with Crippen LogP contribution in [0, 0.1) is 28.9 Å². The SMILES string of the molecule is N#Cc1ccnc(N2C(=O)[C@H](O)C[C@H]2C(=O)N(c2cc(F)cc(F)c2)[C@@H](C(=O)CCC2CCC(F)(F)CC2)c2ccccc2Cl)c1. The van der Waals surface area contributed by atoms with Gasteiger partial charge in [0.15, 0.2) is 5.78 Å². The van der Waals surface area contributed by atoms with Crippen LogP contribution in [0.5, 0.6) is 0 Å². The Kier molecular flexibility index (Phi) is 9.74. The zero-order valence-electron chi connectivity index (χ0n) is 24.4. The van der Waals surface area contributed by atoms with Gasteiger partial charge in [0, 0.05) is 48.5 Å². The molecule has 0 bridgehead atoms. The molecule has 1 aromatic heterocycles. The van der Waals surface area contributed by atoms with Gasteiger partial charge in [-0.25, -0.2) is 22.5 Å². The fraction of sp³-hybridized carbons (Fsp3) is 0.364. The Morgan fingerprint density at radius 3 is 2.43 bits per heavy atom. The van der Waals surface area contributed by atoms with E-state index in [9.17, 15) is 42.3 Å². The first-order valence-corrected chi connectivity index (χ1v) is 15.1. The largest absolute Gasteiger partial charge is 0.383 e. The van der Waals surface area contributed by atoms with Crippen molar-refractivity contribution in [1.29, 1.82) is 5.26 Å². The molecule has 0 spiro atoms. The molecule has 2 amide bonds. The highest BCUT2D eigenvalue weighted by Crippen LogP contribution is 2.40. The van der Waals surface area contributed by atoms with Crippen LogP contribution in [0.15, 0.2) is 60.8 Å². The molecule has 1 saturated carbocycles. The van der Waals surface area contributed by atoms with Gasteiger partial charge in [-0.2, -0.15) is 5.26 Å². The second-order valence-corrected chi connectivity index (χ2v) is 12.0. The highest BCUT2D eigenvalue weighted by Gasteiger charge is 2.48. The summed E-state index contributed by atoms with van der Waals surface area (Å²) in [4.78, 5) is 47.8. The molecular weight excluding hydrogens is 628 g/mol. The summed E-state index contributed by atoms with van der Waals surface area (Å²) in [6, 6.07) is 9.86. The van der Waals surface area contributed by atoms with E-state index in [1.165, 1.54) is 30.5 Å². The standard InChI is InChI=1S/C33H29ClF4N4O4/c34-25-4-2-1-3-24(25)30(27(43)6-5-19-7-10-33(37,38)11-8-19)41(23-15-21(35)14-22(36)16-23)31(45)26-17-28(44)32(46)42(26)29-13-20(18-39)9-12-40-29/h1-4,9,12-16,19,26,28,30,44H,5-8,10-11,17H2/t26-,28+,30+/m0/s1. The predicted octanol–water partition coefficient (Wildman–Crippen LogP) is 6.30. The number of anilines is 2. The van der Waals surface area contributed by atoms with E-state index in [1.54, 1.807) is 12.1 Å². The highest BCUT2D eigenvalue weighted by molar-refractivity contribution is 6.31. The number of pyridine rings is 1. The number of rotatable bonds is 9. The number of nitrogens with zero attached hydrogens (tertiary/aromatic N) is 4. The van der Waals surface area contributed by atoms with Gasteiger partial charge in [-0.15, -0.1) is 0 Å². The topological polar surface area (TPSA) is 115 Å². The second-order valence-electron chi connectivity index (χ2n) is 11.6. The number of hydrogen-bond donors (Lipinski definition) is 1. The summed E-state index contributed by atoms with van der Waals surface area (Å²) in [6.45, 7) is 0. The van der Waals surface area contributed by atoms with Crippen LogP contribution >= 0.6 is 11.6 Å². The van der Waals surface area contributed by atoms with Gasteiger partial charge in [0.2, 0.25) is 5.92 Å². The van der Waals surface area contributed by atoms with Crippen LogP contribution in [0.3, 0.4) is 0 Å². The maximum absolute atomic E-state index is 14.7. The molecule has 240 valence electrons. The van der Waals surface area contributed by atoms with E-state index in [1.807, 2.05) is 6.07 Å². The minimum Gasteiger partial charge on any atom is -0.383 e. The Morgan fingerprint density at radius 1 is 1.11 bits per heavy atom. The predicted molar refractivity (Wildman–Crippen MR) is 160 cm³/mol. The first kappa shape index (κ1) is 33.0. The van der Waals surface area contributed by atoms with E-state index in [4.69, 9.17) is 11.6 Å². The average molecular weight is 657 g/mol. The zero-order valence-corrected chi connectivity index (χ0v) is 25.1. The Morgan fingerprint density at radius 2 is 1.78 bits per heavy atom. The number of aromatic nitrogens is 1. The lowest BCUT2D eigenvalue weighted by Crippen LogP contribution is -2.50. The molecule has 2 aromatic carbocycles. The van der Waals surface area contributed by atoms with Crippen molar-refractivity contribution >= 4 is 40.7 Å². The monoisotopic (exact) mass is 656 g/mol. The Balaban J connectivity index is 1.59. The lowest BCUT2D eigenvalue weighted by atomic mass is 9.82. The number of halogens is 5. The van der Waals surface area contributed by atoms with E-state index in [0.717, 1.165) is 21.9 Å². The normalized spacial score (nSPS) is 20.3. The third kappa shape index (κ3) is 7.06. The van der Waals surface area contributed by atoms with E-state index in [-0.39, 0.29) is 72.1 Å². The van der Waals surface area contributed by atoms with E-state index in [2.05, 4.69) is 4.98 Å². The number of amides is 2. The fourth-order valence-corrected chi connectivity index (χ4v) is 6.34. The quantitative estimate of drug-likeness (QED) is 0.271. The molecule has 1 aliphatic carbocycles. The molecule has 1 aliphatic heterocycles. The lowest BCUT2D eigenvalue weighted by molar-refractivity contribution is -0.126. The Bertz CT molecular complexity index is 1670. The van der Waals surface area contributed by atoms with Gasteiger partial charge < -0.3 is 5.11 Å². The first-order valence-electron chi connectivity index (χ1n) is 14.7. The van der Waals surface area contributed by atoms with Crippen molar-refractivity contribution in [3.63, 3.8) is 0 Å². The van der Waals surface area contributed by atoms with Crippen LogP contribution in [-0.4, -0.2) is 45.8 Å². The molecule has 8 nitrogen and oxygen atoms in total. The molecule has 1 N–H and O–H groups in total. The number of Topliss-reactive ketones (excluding diaryl/α,β-unsaturated/α-hetero) is 1. The van der Waals surface area contributed by atoms with Gasteiger partial charge in [-0.05, 0) is 55.5 Å².